The molecular weight excluding hydrogens is 250 g/mol. The number of nitrogen functional groups attached to an aromatic ring is 1. The summed E-state index contributed by atoms with van der Waals surface area (Å²) in [5.41, 5.74) is 7.14. The molecule has 18 heavy (non-hydrogen) atoms. The summed E-state index contributed by atoms with van der Waals surface area (Å²) in [4.78, 5) is 2.12. The van der Waals surface area contributed by atoms with E-state index >= 15 is 0 Å². The Hall–Kier alpha value is -1.26. The smallest absolute Gasteiger partial charge is 0.124 e. The molecule has 1 saturated carbocycles. The molecule has 0 unspecified atom stereocenters. The number of aliphatic hydroxyl groups excluding tert-OH is 1. The van der Waals surface area contributed by atoms with Crippen LogP contribution in [-0.2, 0) is 0 Å². The molecule has 1 aromatic carbocycles. The van der Waals surface area contributed by atoms with Crippen LogP contribution >= 0.6 is 11.6 Å². The van der Waals surface area contributed by atoms with Crippen LogP contribution in [0.4, 0.5) is 5.69 Å². The predicted octanol–water partition coefficient (Wildman–Crippen LogP) is 1.98. The van der Waals surface area contributed by atoms with E-state index in [2.05, 4.69) is 4.90 Å². The van der Waals surface area contributed by atoms with Crippen LogP contribution in [0.15, 0.2) is 18.2 Å². The minimum absolute atomic E-state index is 0.0314. The lowest BCUT2D eigenvalue weighted by atomic mass is 9.90. The van der Waals surface area contributed by atoms with Gasteiger partial charge in [0.25, 0.3) is 0 Å². The lowest BCUT2D eigenvalue weighted by Gasteiger charge is -2.40. The molecule has 2 rings (SSSR count). The maximum atomic E-state index is 9.21. The highest BCUT2D eigenvalue weighted by Gasteiger charge is 2.26. The van der Waals surface area contributed by atoms with Gasteiger partial charge in [0.2, 0.25) is 0 Å². The normalized spacial score (nSPS) is 15.2. The average molecular weight is 268 g/mol. The molecular formula is C13H18ClN3O. The van der Waals surface area contributed by atoms with Gasteiger partial charge in [-0.3, -0.25) is 5.41 Å². The van der Waals surface area contributed by atoms with E-state index in [-0.39, 0.29) is 12.4 Å². The molecule has 0 saturated heterocycles. The van der Waals surface area contributed by atoms with E-state index in [1.165, 1.54) is 6.42 Å². The molecule has 5 heteroatoms. The van der Waals surface area contributed by atoms with Crippen LogP contribution in [0.3, 0.4) is 0 Å². The summed E-state index contributed by atoms with van der Waals surface area (Å²) < 4.78 is 0. The SMILES string of the molecule is N=C(N)c1ccc(Cl)cc1N(CCO)C1CCC1. The minimum Gasteiger partial charge on any atom is -0.395 e. The van der Waals surface area contributed by atoms with Crippen molar-refractivity contribution in [3.8, 4) is 0 Å². The maximum absolute atomic E-state index is 9.21. The van der Waals surface area contributed by atoms with Crippen molar-refractivity contribution < 1.29 is 5.11 Å². The molecule has 1 aliphatic rings. The lowest BCUT2D eigenvalue weighted by Crippen LogP contribution is -2.43. The Kier molecular flexibility index (Phi) is 4.09. The Balaban J connectivity index is 2.37. The van der Waals surface area contributed by atoms with E-state index in [0.717, 1.165) is 18.5 Å². The Labute approximate surface area is 112 Å². The van der Waals surface area contributed by atoms with Gasteiger partial charge < -0.3 is 15.7 Å². The summed E-state index contributed by atoms with van der Waals surface area (Å²) in [6.45, 7) is 0.631. The Morgan fingerprint density at radius 3 is 2.72 bits per heavy atom. The Morgan fingerprint density at radius 1 is 1.50 bits per heavy atom. The minimum atomic E-state index is 0.0314. The third-order valence-corrected chi connectivity index (χ3v) is 3.65. The van der Waals surface area contributed by atoms with Gasteiger partial charge in [0.05, 0.1) is 6.61 Å². The van der Waals surface area contributed by atoms with Gasteiger partial charge >= 0.3 is 0 Å². The van der Waals surface area contributed by atoms with E-state index in [4.69, 9.17) is 22.7 Å². The number of nitrogens with two attached hydrogens (primary N) is 1. The first kappa shape index (κ1) is 13.2. The number of benzene rings is 1. The van der Waals surface area contributed by atoms with Gasteiger partial charge in [-0.05, 0) is 37.5 Å². The summed E-state index contributed by atoms with van der Waals surface area (Å²) in [5, 5.41) is 17.5. The summed E-state index contributed by atoms with van der Waals surface area (Å²) in [6, 6.07) is 5.75. The van der Waals surface area contributed by atoms with Gasteiger partial charge in [-0.15, -0.1) is 0 Å². The van der Waals surface area contributed by atoms with Crippen LogP contribution in [0.2, 0.25) is 5.02 Å². The molecule has 0 bridgehead atoms. The zero-order chi connectivity index (χ0) is 13.1. The number of rotatable bonds is 5. The number of nitrogens with one attached hydrogen (secondary N) is 1. The first-order valence-corrected chi connectivity index (χ1v) is 6.52. The molecule has 1 aromatic rings. The quantitative estimate of drug-likeness (QED) is 0.564. The number of hydrogen-bond acceptors (Lipinski definition) is 3. The maximum Gasteiger partial charge on any atom is 0.124 e. The van der Waals surface area contributed by atoms with Gasteiger partial charge in [0, 0.05) is 28.9 Å². The molecule has 0 aromatic heterocycles. The highest BCUT2D eigenvalue weighted by Crippen LogP contribution is 2.33. The summed E-state index contributed by atoms with van der Waals surface area (Å²) in [6.07, 6.45) is 3.44. The van der Waals surface area contributed by atoms with Crippen molar-refractivity contribution in [2.75, 3.05) is 18.1 Å². The topological polar surface area (TPSA) is 73.3 Å². The monoisotopic (exact) mass is 267 g/mol. The van der Waals surface area contributed by atoms with Crippen molar-refractivity contribution in [3.63, 3.8) is 0 Å². The lowest BCUT2D eigenvalue weighted by molar-refractivity contribution is 0.283. The molecule has 4 N–H and O–H groups in total. The fourth-order valence-corrected chi connectivity index (χ4v) is 2.44. The van der Waals surface area contributed by atoms with E-state index in [9.17, 15) is 5.11 Å². The zero-order valence-electron chi connectivity index (χ0n) is 10.2. The van der Waals surface area contributed by atoms with Gasteiger partial charge in [-0.25, -0.2) is 0 Å². The summed E-state index contributed by atoms with van der Waals surface area (Å²) in [7, 11) is 0. The Bertz CT molecular complexity index is 446. The van der Waals surface area contributed by atoms with Crippen LogP contribution in [0.5, 0.6) is 0 Å². The molecule has 98 valence electrons. The first-order valence-electron chi connectivity index (χ1n) is 6.15. The van der Waals surface area contributed by atoms with E-state index in [0.29, 0.717) is 23.2 Å². The molecule has 0 amide bonds. The van der Waals surface area contributed by atoms with Crippen molar-refractivity contribution in [2.24, 2.45) is 5.73 Å². The van der Waals surface area contributed by atoms with Gasteiger partial charge in [0.15, 0.2) is 0 Å². The second kappa shape index (κ2) is 5.59. The van der Waals surface area contributed by atoms with Crippen LogP contribution < -0.4 is 10.6 Å². The second-order valence-electron chi connectivity index (χ2n) is 4.58. The molecule has 0 atom stereocenters. The number of hydrogen-bond donors (Lipinski definition) is 3. The second-order valence-corrected chi connectivity index (χ2v) is 5.01. The largest absolute Gasteiger partial charge is 0.395 e. The van der Waals surface area contributed by atoms with Crippen molar-refractivity contribution >= 4 is 23.1 Å². The standard InChI is InChI=1S/C13H18ClN3O/c14-9-4-5-11(13(15)16)12(8-9)17(6-7-18)10-2-1-3-10/h4-5,8,10,18H,1-3,6-7H2,(H3,15,16). The molecule has 0 spiro atoms. The van der Waals surface area contributed by atoms with Crippen LogP contribution in [0.25, 0.3) is 0 Å². The van der Waals surface area contributed by atoms with E-state index in [1.54, 1.807) is 12.1 Å². The first-order chi connectivity index (χ1) is 8.63. The van der Waals surface area contributed by atoms with Crippen molar-refractivity contribution in [3.05, 3.63) is 28.8 Å². The third-order valence-electron chi connectivity index (χ3n) is 3.42. The molecule has 0 heterocycles. The highest BCUT2D eigenvalue weighted by molar-refractivity contribution is 6.31. The molecule has 1 fully saturated rings. The summed E-state index contributed by atoms with van der Waals surface area (Å²) >= 11 is 6.03. The Morgan fingerprint density at radius 2 is 2.22 bits per heavy atom. The molecule has 1 aliphatic carbocycles. The number of amidine groups is 1. The van der Waals surface area contributed by atoms with Crippen LogP contribution in [0.1, 0.15) is 24.8 Å². The van der Waals surface area contributed by atoms with Gasteiger partial charge in [-0.2, -0.15) is 0 Å². The van der Waals surface area contributed by atoms with Crippen molar-refractivity contribution in [1.82, 2.24) is 0 Å². The van der Waals surface area contributed by atoms with Gasteiger partial charge in [0.1, 0.15) is 5.84 Å². The fourth-order valence-electron chi connectivity index (χ4n) is 2.28. The number of aliphatic hydroxyl groups is 1. The van der Waals surface area contributed by atoms with E-state index in [1.807, 2.05) is 6.07 Å². The molecule has 0 aliphatic heterocycles. The number of halogens is 1. The molecule has 0 radical (unpaired) electrons. The van der Waals surface area contributed by atoms with Crippen LogP contribution in [-0.4, -0.2) is 30.1 Å². The number of anilines is 1. The highest BCUT2D eigenvalue weighted by atomic mass is 35.5. The third kappa shape index (κ3) is 2.60. The van der Waals surface area contributed by atoms with Crippen molar-refractivity contribution in [1.29, 1.82) is 5.41 Å². The van der Waals surface area contributed by atoms with Crippen LogP contribution in [0, 0.1) is 5.41 Å². The predicted molar refractivity (Wildman–Crippen MR) is 74.5 cm³/mol. The van der Waals surface area contributed by atoms with Crippen molar-refractivity contribution in [2.45, 2.75) is 25.3 Å². The molecule has 4 nitrogen and oxygen atoms in total. The van der Waals surface area contributed by atoms with E-state index < -0.39 is 0 Å². The van der Waals surface area contributed by atoms with Gasteiger partial charge in [-0.1, -0.05) is 11.6 Å². The summed E-state index contributed by atoms with van der Waals surface area (Å²) in [5.74, 6) is 0.0314. The zero-order valence-corrected chi connectivity index (χ0v) is 11.0. The number of nitrogens with zero attached hydrogens (tertiary/aromatic N) is 1. The average Bonchev–Trinajstić information content (AvgIpc) is 2.25. The fraction of sp³-hybridized carbons (Fsp3) is 0.462.